The van der Waals surface area contributed by atoms with Gasteiger partial charge < -0.3 is 15.2 Å². The second-order valence-corrected chi connectivity index (χ2v) is 4.72. The molecule has 2 rings (SSSR count). The number of pyridine rings is 1. The lowest BCUT2D eigenvalue weighted by Gasteiger charge is -2.09. The highest BCUT2D eigenvalue weighted by molar-refractivity contribution is 9.10. The van der Waals surface area contributed by atoms with Crippen LogP contribution in [0.1, 0.15) is 0 Å². The largest absolute Gasteiger partial charge is 0.480 e. The van der Waals surface area contributed by atoms with E-state index in [-0.39, 0.29) is 6.61 Å². The number of nitrogens with one attached hydrogen (secondary N) is 1. The molecule has 1 aromatic carbocycles. The lowest BCUT2D eigenvalue weighted by molar-refractivity contribution is -0.142. The molecule has 2 aromatic rings. The van der Waals surface area contributed by atoms with Gasteiger partial charge in [-0.1, -0.05) is 28.1 Å². The number of carboxylic acids is 1. The first-order valence-corrected chi connectivity index (χ1v) is 6.54. The summed E-state index contributed by atoms with van der Waals surface area (Å²) < 4.78 is 5.97. The predicted octanol–water partition coefficient (Wildman–Crippen LogP) is 2.51. The molecule has 5 nitrogen and oxygen atoms in total. The number of hydrogen-bond donors (Lipinski definition) is 2. The number of aromatic nitrogens is 1. The van der Waals surface area contributed by atoms with Gasteiger partial charge >= 0.3 is 5.97 Å². The van der Waals surface area contributed by atoms with Gasteiger partial charge in [0.2, 0.25) is 0 Å². The molecule has 0 saturated heterocycles. The molecule has 1 heterocycles. The number of nitrogens with zero attached hydrogens (tertiary/aromatic N) is 1. The third-order valence-corrected chi connectivity index (χ3v) is 3.21. The Hall–Kier alpha value is -1.66. The maximum absolute atomic E-state index is 10.3. The molecule has 6 heteroatoms. The van der Waals surface area contributed by atoms with Gasteiger partial charge in [0, 0.05) is 28.0 Å². The molecule has 0 fully saturated rings. The minimum Gasteiger partial charge on any atom is -0.480 e. The Morgan fingerprint density at radius 3 is 3.00 bits per heavy atom. The maximum Gasteiger partial charge on any atom is 0.329 e. The number of halogens is 1. The van der Waals surface area contributed by atoms with E-state index in [0.717, 1.165) is 21.1 Å². The van der Waals surface area contributed by atoms with Crippen LogP contribution in [0.4, 0.5) is 5.82 Å². The van der Waals surface area contributed by atoms with Crippen molar-refractivity contribution in [3.63, 3.8) is 0 Å². The normalized spacial score (nSPS) is 10.6. The van der Waals surface area contributed by atoms with Crippen molar-refractivity contribution in [1.82, 2.24) is 4.98 Å². The molecule has 0 aliphatic carbocycles. The molecule has 0 bridgehead atoms. The van der Waals surface area contributed by atoms with Gasteiger partial charge in [-0.2, -0.15) is 0 Å². The van der Waals surface area contributed by atoms with Crippen LogP contribution in [0.2, 0.25) is 0 Å². The summed E-state index contributed by atoms with van der Waals surface area (Å²) in [5.41, 5.74) is 0. The molecule has 0 aliphatic rings. The van der Waals surface area contributed by atoms with Gasteiger partial charge in [-0.25, -0.2) is 9.78 Å². The molecular formula is C13H13BrN2O3. The summed E-state index contributed by atoms with van der Waals surface area (Å²) in [5.74, 6) is -0.204. The summed E-state index contributed by atoms with van der Waals surface area (Å²) in [6.45, 7) is 0.542. The molecule has 0 amide bonds. The van der Waals surface area contributed by atoms with Gasteiger partial charge in [-0.15, -0.1) is 0 Å². The number of carbonyl (C=O) groups is 1. The van der Waals surface area contributed by atoms with Crippen LogP contribution in [0.3, 0.4) is 0 Å². The average Bonchev–Trinajstić information content (AvgIpc) is 2.39. The Kier molecular flexibility index (Phi) is 4.70. The van der Waals surface area contributed by atoms with Crippen LogP contribution in [0, 0.1) is 0 Å². The fourth-order valence-corrected chi connectivity index (χ4v) is 2.21. The van der Waals surface area contributed by atoms with Gasteiger partial charge in [0.25, 0.3) is 0 Å². The van der Waals surface area contributed by atoms with Crippen molar-refractivity contribution in [2.45, 2.75) is 0 Å². The Bertz CT molecular complexity index is 589. The summed E-state index contributed by atoms with van der Waals surface area (Å²) in [5, 5.41) is 13.7. The Balaban J connectivity index is 2.01. The lowest BCUT2D eigenvalue weighted by atomic mass is 10.1. The Morgan fingerprint density at radius 2 is 2.21 bits per heavy atom. The van der Waals surface area contributed by atoms with E-state index in [1.165, 1.54) is 0 Å². The van der Waals surface area contributed by atoms with E-state index in [0.29, 0.717) is 13.2 Å². The molecule has 100 valence electrons. The number of benzene rings is 1. The van der Waals surface area contributed by atoms with Crippen LogP contribution < -0.4 is 5.32 Å². The van der Waals surface area contributed by atoms with Crippen LogP contribution in [0.5, 0.6) is 0 Å². The standard InChI is InChI=1S/C13H13BrN2O3/c14-11-3-1-2-10-9(11)4-5-15-13(10)16-6-7-19-8-12(17)18/h1-5H,6-8H2,(H,15,16)(H,17,18). The first-order chi connectivity index (χ1) is 9.18. The maximum atomic E-state index is 10.3. The van der Waals surface area contributed by atoms with E-state index in [2.05, 4.69) is 26.2 Å². The fraction of sp³-hybridized carbons (Fsp3) is 0.231. The zero-order chi connectivity index (χ0) is 13.7. The number of fused-ring (bicyclic) bond motifs is 1. The average molecular weight is 325 g/mol. The predicted molar refractivity (Wildman–Crippen MR) is 76.4 cm³/mol. The van der Waals surface area contributed by atoms with Crippen molar-refractivity contribution in [2.75, 3.05) is 25.1 Å². The van der Waals surface area contributed by atoms with E-state index >= 15 is 0 Å². The van der Waals surface area contributed by atoms with Crippen LogP contribution in [-0.2, 0) is 9.53 Å². The summed E-state index contributed by atoms with van der Waals surface area (Å²) >= 11 is 3.49. The third-order valence-electron chi connectivity index (χ3n) is 2.52. The van der Waals surface area contributed by atoms with Crippen molar-refractivity contribution in [3.8, 4) is 0 Å². The molecule has 0 atom stereocenters. The fourth-order valence-electron chi connectivity index (χ4n) is 1.71. The van der Waals surface area contributed by atoms with E-state index in [1.54, 1.807) is 6.20 Å². The number of rotatable bonds is 6. The van der Waals surface area contributed by atoms with Crippen molar-refractivity contribution in [1.29, 1.82) is 0 Å². The van der Waals surface area contributed by atoms with Crippen molar-refractivity contribution in [3.05, 3.63) is 34.9 Å². The number of hydrogen-bond acceptors (Lipinski definition) is 4. The number of anilines is 1. The molecule has 2 N–H and O–H groups in total. The molecule has 0 radical (unpaired) electrons. The molecule has 0 aliphatic heterocycles. The highest BCUT2D eigenvalue weighted by atomic mass is 79.9. The summed E-state index contributed by atoms with van der Waals surface area (Å²) in [6.07, 6.45) is 1.73. The van der Waals surface area contributed by atoms with E-state index in [4.69, 9.17) is 9.84 Å². The minimum absolute atomic E-state index is 0.282. The number of aliphatic carboxylic acids is 1. The van der Waals surface area contributed by atoms with Crippen LogP contribution in [0.25, 0.3) is 10.8 Å². The summed E-state index contributed by atoms with van der Waals surface area (Å²) in [6, 6.07) is 7.83. The highest BCUT2D eigenvalue weighted by Gasteiger charge is 2.04. The quantitative estimate of drug-likeness (QED) is 0.799. The molecule has 19 heavy (non-hydrogen) atoms. The van der Waals surface area contributed by atoms with Gasteiger partial charge in [0.15, 0.2) is 0 Å². The van der Waals surface area contributed by atoms with Gasteiger partial charge in [0.05, 0.1) is 6.61 Å². The second-order valence-electron chi connectivity index (χ2n) is 3.87. The van der Waals surface area contributed by atoms with Gasteiger partial charge in [-0.05, 0) is 12.1 Å². The first kappa shape index (κ1) is 13.8. The zero-order valence-corrected chi connectivity index (χ0v) is 11.7. The van der Waals surface area contributed by atoms with E-state index in [1.807, 2.05) is 24.3 Å². The van der Waals surface area contributed by atoms with Gasteiger partial charge in [-0.3, -0.25) is 0 Å². The van der Waals surface area contributed by atoms with E-state index in [9.17, 15) is 4.79 Å². The minimum atomic E-state index is -0.966. The Morgan fingerprint density at radius 1 is 1.37 bits per heavy atom. The lowest BCUT2D eigenvalue weighted by Crippen LogP contribution is -2.14. The zero-order valence-electron chi connectivity index (χ0n) is 10.1. The summed E-state index contributed by atoms with van der Waals surface area (Å²) in [7, 11) is 0. The SMILES string of the molecule is O=C(O)COCCNc1nccc2c(Br)cccc12. The molecular weight excluding hydrogens is 312 g/mol. The van der Waals surface area contributed by atoms with Crippen molar-refractivity contribution < 1.29 is 14.6 Å². The molecule has 0 unspecified atom stereocenters. The number of carboxylic acid groups (broad SMARTS) is 1. The molecule has 0 saturated carbocycles. The second kappa shape index (κ2) is 6.49. The summed E-state index contributed by atoms with van der Waals surface area (Å²) in [4.78, 5) is 14.6. The molecule has 1 aromatic heterocycles. The third kappa shape index (κ3) is 3.65. The first-order valence-electron chi connectivity index (χ1n) is 5.75. The van der Waals surface area contributed by atoms with Crippen LogP contribution in [-0.4, -0.2) is 35.8 Å². The topological polar surface area (TPSA) is 71.5 Å². The van der Waals surface area contributed by atoms with Crippen LogP contribution >= 0.6 is 15.9 Å². The van der Waals surface area contributed by atoms with Gasteiger partial charge in [0.1, 0.15) is 12.4 Å². The monoisotopic (exact) mass is 324 g/mol. The van der Waals surface area contributed by atoms with E-state index < -0.39 is 5.97 Å². The van der Waals surface area contributed by atoms with Crippen molar-refractivity contribution >= 4 is 38.5 Å². The number of ether oxygens (including phenoxy) is 1. The smallest absolute Gasteiger partial charge is 0.329 e. The van der Waals surface area contributed by atoms with Crippen molar-refractivity contribution in [2.24, 2.45) is 0 Å². The highest BCUT2D eigenvalue weighted by Crippen LogP contribution is 2.27. The Labute approximate surface area is 118 Å². The molecule has 0 spiro atoms. The van der Waals surface area contributed by atoms with Crippen LogP contribution in [0.15, 0.2) is 34.9 Å².